The van der Waals surface area contributed by atoms with Crippen LogP contribution in [0.2, 0.25) is 0 Å². The minimum Gasteiger partial charge on any atom is -0.467 e. The summed E-state index contributed by atoms with van der Waals surface area (Å²) in [6.07, 6.45) is 0.900. The molecular formula is C10H13NO2. The summed E-state index contributed by atoms with van der Waals surface area (Å²) in [5, 5.41) is 0. The lowest BCUT2D eigenvalue weighted by atomic mass is 10.1. The molecule has 1 aromatic carbocycles. The quantitative estimate of drug-likeness (QED) is 0.738. The molecule has 1 aliphatic heterocycles. The fourth-order valence-electron chi connectivity index (χ4n) is 1.43. The number of fused-ring (bicyclic) bond motifs is 1. The van der Waals surface area contributed by atoms with Crippen LogP contribution in [0.5, 0.6) is 5.75 Å². The molecule has 0 aromatic heterocycles. The van der Waals surface area contributed by atoms with Crippen molar-refractivity contribution < 1.29 is 9.47 Å². The van der Waals surface area contributed by atoms with Crippen LogP contribution in [0, 0.1) is 0 Å². The van der Waals surface area contributed by atoms with E-state index in [0.29, 0.717) is 19.9 Å². The second-order valence-electron chi connectivity index (χ2n) is 3.09. The van der Waals surface area contributed by atoms with Crippen molar-refractivity contribution in [3.05, 3.63) is 29.3 Å². The third kappa shape index (κ3) is 1.82. The van der Waals surface area contributed by atoms with Crippen LogP contribution in [0.15, 0.2) is 18.2 Å². The summed E-state index contributed by atoms with van der Waals surface area (Å²) in [6.45, 7) is 1.69. The highest BCUT2D eigenvalue weighted by atomic mass is 16.7. The third-order valence-corrected chi connectivity index (χ3v) is 2.12. The summed E-state index contributed by atoms with van der Waals surface area (Å²) in [7, 11) is 0. The maximum Gasteiger partial charge on any atom is 0.189 e. The van der Waals surface area contributed by atoms with E-state index in [0.717, 1.165) is 17.7 Å². The Morgan fingerprint density at radius 1 is 1.38 bits per heavy atom. The highest BCUT2D eigenvalue weighted by Gasteiger charge is 2.09. The van der Waals surface area contributed by atoms with Crippen LogP contribution in [0.4, 0.5) is 0 Å². The second kappa shape index (κ2) is 3.77. The van der Waals surface area contributed by atoms with E-state index in [1.54, 1.807) is 0 Å². The Hall–Kier alpha value is -1.06. The fraction of sp³-hybridized carbons (Fsp3) is 0.400. The SMILES string of the molecule is NCCc1ccc2c(c1)OCOC2. The lowest BCUT2D eigenvalue weighted by molar-refractivity contribution is -0.0164. The van der Waals surface area contributed by atoms with Crippen LogP contribution in [-0.4, -0.2) is 13.3 Å². The van der Waals surface area contributed by atoms with Gasteiger partial charge in [0.25, 0.3) is 0 Å². The summed E-state index contributed by atoms with van der Waals surface area (Å²) in [5.41, 5.74) is 7.81. The molecule has 0 aliphatic carbocycles. The molecule has 1 heterocycles. The Morgan fingerprint density at radius 2 is 2.31 bits per heavy atom. The summed E-state index contributed by atoms with van der Waals surface area (Å²) in [4.78, 5) is 0. The molecule has 2 N–H and O–H groups in total. The Morgan fingerprint density at radius 3 is 3.15 bits per heavy atom. The minimum atomic E-state index is 0.360. The van der Waals surface area contributed by atoms with Gasteiger partial charge in [-0.2, -0.15) is 0 Å². The smallest absolute Gasteiger partial charge is 0.189 e. The van der Waals surface area contributed by atoms with Gasteiger partial charge in [-0.3, -0.25) is 0 Å². The summed E-state index contributed by atoms with van der Waals surface area (Å²) in [6, 6.07) is 6.16. The highest BCUT2D eigenvalue weighted by Crippen LogP contribution is 2.24. The largest absolute Gasteiger partial charge is 0.467 e. The van der Waals surface area contributed by atoms with Crippen LogP contribution in [-0.2, 0) is 17.8 Å². The van der Waals surface area contributed by atoms with E-state index >= 15 is 0 Å². The first kappa shape index (κ1) is 8.53. The topological polar surface area (TPSA) is 44.5 Å². The van der Waals surface area contributed by atoms with E-state index in [1.807, 2.05) is 12.1 Å². The van der Waals surface area contributed by atoms with E-state index in [9.17, 15) is 0 Å². The highest BCUT2D eigenvalue weighted by molar-refractivity contribution is 5.37. The van der Waals surface area contributed by atoms with Crippen LogP contribution in [0.1, 0.15) is 11.1 Å². The molecule has 0 atom stereocenters. The monoisotopic (exact) mass is 179 g/mol. The Labute approximate surface area is 77.5 Å². The molecule has 3 heteroatoms. The zero-order valence-electron chi connectivity index (χ0n) is 7.45. The molecule has 0 amide bonds. The van der Waals surface area contributed by atoms with Crippen LogP contribution in [0.25, 0.3) is 0 Å². The first-order valence-corrected chi connectivity index (χ1v) is 4.42. The van der Waals surface area contributed by atoms with Gasteiger partial charge < -0.3 is 15.2 Å². The molecule has 0 bridgehead atoms. The maximum atomic E-state index is 5.47. The van der Waals surface area contributed by atoms with Crippen molar-refractivity contribution in [3.8, 4) is 5.75 Å². The zero-order chi connectivity index (χ0) is 9.10. The normalized spacial score (nSPS) is 14.8. The van der Waals surface area contributed by atoms with E-state index in [-0.39, 0.29) is 0 Å². The minimum absolute atomic E-state index is 0.360. The predicted octanol–water partition coefficient (Wildman–Crippen LogP) is 1.05. The zero-order valence-corrected chi connectivity index (χ0v) is 7.45. The Balaban J connectivity index is 2.24. The van der Waals surface area contributed by atoms with Crippen molar-refractivity contribution in [3.63, 3.8) is 0 Å². The van der Waals surface area contributed by atoms with Gasteiger partial charge in [0, 0.05) is 5.56 Å². The summed E-state index contributed by atoms with van der Waals surface area (Å²) < 4.78 is 10.5. The summed E-state index contributed by atoms with van der Waals surface area (Å²) >= 11 is 0. The Bertz CT molecular complexity index is 299. The standard InChI is InChI=1S/C10H13NO2/c11-4-3-8-1-2-9-6-12-7-13-10(9)5-8/h1-2,5H,3-4,6-7,11H2. The van der Waals surface area contributed by atoms with Gasteiger partial charge >= 0.3 is 0 Å². The fourth-order valence-corrected chi connectivity index (χ4v) is 1.43. The Kier molecular flexibility index (Phi) is 2.47. The van der Waals surface area contributed by atoms with Gasteiger partial charge in [-0.05, 0) is 24.6 Å². The predicted molar refractivity (Wildman–Crippen MR) is 49.5 cm³/mol. The number of rotatable bonds is 2. The van der Waals surface area contributed by atoms with Gasteiger partial charge in [0.2, 0.25) is 0 Å². The molecule has 1 aliphatic rings. The van der Waals surface area contributed by atoms with Gasteiger partial charge in [0.05, 0.1) is 6.61 Å². The van der Waals surface area contributed by atoms with Gasteiger partial charge in [-0.15, -0.1) is 0 Å². The number of nitrogens with two attached hydrogens (primary N) is 1. The van der Waals surface area contributed by atoms with Gasteiger partial charge in [0.1, 0.15) is 5.75 Å². The van der Waals surface area contributed by atoms with Crippen molar-refractivity contribution in [1.82, 2.24) is 0 Å². The molecule has 0 fully saturated rings. The number of ether oxygens (including phenoxy) is 2. The lowest BCUT2D eigenvalue weighted by Crippen LogP contribution is -2.12. The molecular weight excluding hydrogens is 166 g/mol. The van der Waals surface area contributed by atoms with Crippen LogP contribution < -0.4 is 10.5 Å². The van der Waals surface area contributed by atoms with Crippen molar-refractivity contribution >= 4 is 0 Å². The first-order chi connectivity index (χ1) is 6.40. The van der Waals surface area contributed by atoms with E-state index in [4.69, 9.17) is 15.2 Å². The van der Waals surface area contributed by atoms with Gasteiger partial charge in [0.15, 0.2) is 6.79 Å². The average Bonchev–Trinajstić information content (AvgIpc) is 2.18. The van der Waals surface area contributed by atoms with E-state index < -0.39 is 0 Å². The molecule has 0 radical (unpaired) electrons. The molecule has 0 unspecified atom stereocenters. The molecule has 0 saturated heterocycles. The second-order valence-corrected chi connectivity index (χ2v) is 3.09. The van der Waals surface area contributed by atoms with Gasteiger partial charge in [-0.1, -0.05) is 12.1 Å². The van der Waals surface area contributed by atoms with Crippen molar-refractivity contribution in [2.24, 2.45) is 5.73 Å². The summed E-state index contributed by atoms with van der Waals surface area (Å²) in [5.74, 6) is 0.942. The third-order valence-electron chi connectivity index (χ3n) is 2.12. The van der Waals surface area contributed by atoms with Crippen molar-refractivity contribution in [1.29, 1.82) is 0 Å². The molecule has 0 spiro atoms. The molecule has 2 rings (SSSR count). The van der Waals surface area contributed by atoms with Gasteiger partial charge in [-0.25, -0.2) is 0 Å². The van der Waals surface area contributed by atoms with E-state index in [2.05, 4.69) is 6.07 Å². The van der Waals surface area contributed by atoms with E-state index in [1.165, 1.54) is 5.56 Å². The molecule has 70 valence electrons. The van der Waals surface area contributed by atoms with Crippen LogP contribution in [0.3, 0.4) is 0 Å². The number of hydrogen-bond donors (Lipinski definition) is 1. The lowest BCUT2D eigenvalue weighted by Gasteiger charge is -2.18. The number of hydrogen-bond acceptors (Lipinski definition) is 3. The molecule has 3 nitrogen and oxygen atoms in total. The average molecular weight is 179 g/mol. The molecule has 13 heavy (non-hydrogen) atoms. The maximum absolute atomic E-state index is 5.47. The molecule has 1 aromatic rings. The number of benzene rings is 1. The van der Waals surface area contributed by atoms with Crippen molar-refractivity contribution in [2.75, 3.05) is 13.3 Å². The van der Waals surface area contributed by atoms with Crippen molar-refractivity contribution in [2.45, 2.75) is 13.0 Å². The first-order valence-electron chi connectivity index (χ1n) is 4.42. The van der Waals surface area contributed by atoms with Crippen LogP contribution >= 0.6 is 0 Å². The molecule has 0 saturated carbocycles.